The molecule has 0 heterocycles. The van der Waals surface area contributed by atoms with Gasteiger partial charge in [0.05, 0.1) is 6.54 Å². The van der Waals surface area contributed by atoms with Crippen molar-refractivity contribution in [3.05, 3.63) is 35.4 Å². The summed E-state index contributed by atoms with van der Waals surface area (Å²) in [7, 11) is 0. The minimum Gasteiger partial charge on any atom is -0.383 e. The molecular formula is C18H27N3O. The van der Waals surface area contributed by atoms with Crippen LogP contribution in [0.1, 0.15) is 50.2 Å². The number of guanidine groups is 1. The molecule has 1 aromatic carbocycles. The second-order valence-electron chi connectivity index (χ2n) is 6.51. The number of aliphatic imine (C=N–C) groups is 1. The fourth-order valence-corrected chi connectivity index (χ4v) is 3.63. The van der Waals surface area contributed by atoms with Gasteiger partial charge in [0.1, 0.15) is 5.60 Å². The third-order valence-electron chi connectivity index (χ3n) is 4.87. The highest BCUT2D eigenvalue weighted by Gasteiger charge is 2.36. The molecule has 1 saturated carbocycles. The molecule has 0 aromatic heterocycles. The Hall–Kier alpha value is -1.55. The predicted octanol–water partition coefficient (Wildman–Crippen LogP) is 2.32. The Kier molecular flexibility index (Phi) is 4.67. The van der Waals surface area contributed by atoms with E-state index < -0.39 is 5.60 Å². The Morgan fingerprint density at radius 2 is 2.09 bits per heavy atom. The Bertz CT molecular complexity index is 537. The largest absolute Gasteiger partial charge is 0.383 e. The van der Waals surface area contributed by atoms with Crippen LogP contribution in [0.3, 0.4) is 0 Å². The summed E-state index contributed by atoms with van der Waals surface area (Å²) < 4.78 is 0. The van der Waals surface area contributed by atoms with Gasteiger partial charge in [0, 0.05) is 12.6 Å². The van der Waals surface area contributed by atoms with Crippen molar-refractivity contribution >= 4 is 5.96 Å². The summed E-state index contributed by atoms with van der Waals surface area (Å²) in [6, 6.07) is 8.72. The van der Waals surface area contributed by atoms with Crippen molar-refractivity contribution in [1.29, 1.82) is 0 Å². The fourth-order valence-electron chi connectivity index (χ4n) is 3.63. The number of hydrogen-bond acceptors (Lipinski definition) is 2. The van der Waals surface area contributed by atoms with Crippen molar-refractivity contribution in [2.45, 2.75) is 57.1 Å². The van der Waals surface area contributed by atoms with Crippen molar-refractivity contribution in [3.8, 4) is 0 Å². The molecule has 3 N–H and O–H groups in total. The van der Waals surface area contributed by atoms with Crippen LogP contribution in [0.15, 0.2) is 29.3 Å². The minimum atomic E-state index is -0.811. The number of aryl methyl sites for hydroxylation is 1. The van der Waals surface area contributed by atoms with Gasteiger partial charge in [-0.3, -0.25) is 0 Å². The van der Waals surface area contributed by atoms with Crippen LogP contribution in [0.25, 0.3) is 0 Å². The third kappa shape index (κ3) is 3.27. The number of aliphatic hydroxyl groups is 1. The van der Waals surface area contributed by atoms with Gasteiger partial charge >= 0.3 is 0 Å². The highest BCUT2D eigenvalue weighted by molar-refractivity contribution is 5.80. The van der Waals surface area contributed by atoms with Crippen LogP contribution in [-0.2, 0) is 12.0 Å². The van der Waals surface area contributed by atoms with Crippen LogP contribution in [0.2, 0.25) is 0 Å². The first kappa shape index (κ1) is 15.3. The average Bonchev–Trinajstić information content (AvgIpc) is 3.15. The number of nitrogens with zero attached hydrogens (tertiary/aromatic N) is 1. The number of fused-ring (bicyclic) bond motifs is 1. The monoisotopic (exact) mass is 301 g/mol. The van der Waals surface area contributed by atoms with Crippen LogP contribution in [0.5, 0.6) is 0 Å². The highest BCUT2D eigenvalue weighted by atomic mass is 16.3. The Morgan fingerprint density at radius 3 is 2.86 bits per heavy atom. The molecule has 120 valence electrons. The first-order chi connectivity index (χ1) is 10.7. The molecule has 0 aliphatic heterocycles. The zero-order valence-electron chi connectivity index (χ0n) is 13.4. The van der Waals surface area contributed by atoms with Crippen LogP contribution >= 0.6 is 0 Å². The summed E-state index contributed by atoms with van der Waals surface area (Å²) in [6.07, 6.45) is 6.74. The second-order valence-corrected chi connectivity index (χ2v) is 6.51. The summed E-state index contributed by atoms with van der Waals surface area (Å²) in [4.78, 5) is 4.67. The van der Waals surface area contributed by atoms with Gasteiger partial charge < -0.3 is 15.7 Å². The molecule has 0 spiro atoms. The van der Waals surface area contributed by atoms with Crippen molar-refractivity contribution in [1.82, 2.24) is 10.6 Å². The Morgan fingerprint density at radius 1 is 1.32 bits per heavy atom. The van der Waals surface area contributed by atoms with Gasteiger partial charge in [-0.2, -0.15) is 0 Å². The molecule has 0 amide bonds. The molecule has 1 fully saturated rings. The SMILES string of the molecule is CCNC(=NCC1(O)CCc2ccccc21)NC1CCCC1. The van der Waals surface area contributed by atoms with Gasteiger partial charge in [0.2, 0.25) is 0 Å². The number of hydrogen-bond donors (Lipinski definition) is 3. The maximum absolute atomic E-state index is 11.0. The Labute approximate surface area is 133 Å². The van der Waals surface area contributed by atoms with E-state index in [9.17, 15) is 5.11 Å². The zero-order valence-corrected chi connectivity index (χ0v) is 13.4. The lowest BCUT2D eigenvalue weighted by Crippen LogP contribution is -2.43. The first-order valence-electron chi connectivity index (χ1n) is 8.57. The standard InChI is InChI=1S/C18H27N3O/c1-2-19-17(21-15-8-4-5-9-15)20-13-18(22)12-11-14-7-3-6-10-16(14)18/h3,6-7,10,15,22H,2,4-5,8-9,11-13H2,1H3,(H2,19,20,21). The lowest BCUT2D eigenvalue weighted by atomic mass is 9.96. The molecule has 22 heavy (non-hydrogen) atoms. The molecule has 1 unspecified atom stereocenters. The van der Waals surface area contributed by atoms with Crippen molar-refractivity contribution < 1.29 is 5.11 Å². The Balaban J connectivity index is 1.70. The quantitative estimate of drug-likeness (QED) is 0.591. The summed E-state index contributed by atoms with van der Waals surface area (Å²) in [5.41, 5.74) is 1.50. The summed E-state index contributed by atoms with van der Waals surface area (Å²) in [5, 5.41) is 17.8. The second kappa shape index (κ2) is 6.69. The lowest BCUT2D eigenvalue weighted by Gasteiger charge is -2.23. The third-order valence-corrected chi connectivity index (χ3v) is 4.87. The van der Waals surface area contributed by atoms with E-state index in [0.29, 0.717) is 12.6 Å². The molecule has 2 aliphatic rings. The van der Waals surface area contributed by atoms with E-state index in [1.807, 2.05) is 18.2 Å². The van der Waals surface area contributed by atoms with Crippen LogP contribution in [-0.4, -0.2) is 30.2 Å². The molecule has 0 radical (unpaired) electrons. The first-order valence-corrected chi connectivity index (χ1v) is 8.57. The van der Waals surface area contributed by atoms with E-state index >= 15 is 0 Å². The number of benzene rings is 1. The summed E-state index contributed by atoms with van der Waals surface area (Å²) in [6.45, 7) is 3.34. The summed E-state index contributed by atoms with van der Waals surface area (Å²) >= 11 is 0. The van der Waals surface area contributed by atoms with Crippen molar-refractivity contribution in [2.24, 2.45) is 4.99 Å². The molecule has 1 atom stereocenters. The molecule has 4 nitrogen and oxygen atoms in total. The van der Waals surface area contributed by atoms with E-state index in [1.165, 1.54) is 31.2 Å². The molecule has 3 rings (SSSR count). The number of nitrogens with one attached hydrogen (secondary N) is 2. The van der Waals surface area contributed by atoms with E-state index in [2.05, 4.69) is 28.6 Å². The zero-order chi connectivity index (χ0) is 15.4. The van der Waals surface area contributed by atoms with Gasteiger partial charge in [-0.1, -0.05) is 37.1 Å². The van der Waals surface area contributed by atoms with Crippen LogP contribution in [0.4, 0.5) is 0 Å². The van der Waals surface area contributed by atoms with Gasteiger partial charge in [-0.05, 0) is 43.7 Å². The normalized spacial score (nSPS) is 25.3. The predicted molar refractivity (Wildman–Crippen MR) is 90.0 cm³/mol. The van der Waals surface area contributed by atoms with Gasteiger partial charge in [-0.25, -0.2) is 4.99 Å². The van der Waals surface area contributed by atoms with E-state index in [0.717, 1.165) is 30.9 Å². The maximum Gasteiger partial charge on any atom is 0.191 e. The maximum atomic E-state index is 11.0. The molecule has 2 aliphatic carbocycles. The van der Waals surface area contributed by atoms with E-state index in [1.54, 1.807) is 0 Å². The molecular weight excluding hydrogens is 274 g/mol. The molecule has 1 aromatic rings. The van der Waals surface area contributed by atoms with Gasteiger partial charge in [-0.15, -0.1) is 0 Å². The highest BCUT2D eigenvalue weighted by Crippen LogP contribution is 2.36. The van der Waals surface area contributed by atoms with Crippen LogP contribution in [0, 0.1) is 0 Å². The molecule has 4 heteroatoms. The molecule has 0 bridgehead atoms. The lowest BCUT2D eigenvalue weighted by molar-refractivity contribution is 0.0485. The minimum absolute atomic E-state index is 0.423. The van der Waals surface area contributed by atoms with Crippen molar-refractivity contribution in [3.63, 3.8) is 0 Å². The smallest absolute Gasteiger partial charge is 0.191 e. The van der Waals surface area contributed by atoms with E-state index in [-0.39, 0.29) is 0 Å². The van der Waals surface area contributed by atoms with Gasteiger partial charge in [0.15, 0.2) is 5.96 Å². The average molecular weight is 301 g/mol. The number of rotatable bonds is 4. The van der Waals surface area contributed by atoms with Crippen molar-refractivity contribution in [2.75, 3.05) is 13.1 Å². The fraction of sp³-hybridized carbons (Fsp3) is 0.611. The van der Waals surface area contributed by atoms with Crippen LogP contribution < -0.4 is 10.6 Å². The van der Waals surface area contributed by atoms with Gasteiger partial charge in [0.25, 0.3) is 0 Å². The van der Waals surface area contributed by atoms with E-state index in [4.69, 9.17) is 0 Å². The summed E-state index contributed by atoms with van der Waals surface area (Å²) in [5.74, 6) is 0.840. The topological polar surface area (TPSA) is 56.7 Å². The molecule has 0 saturated heterocycles.